The van der Waals surface area contributed by atoms with Gasteiger partial charge in [0.2, 0.25) is 5.91 Å². The topological polar surface area (TPSA) is 142 Å². The van der Waals surface area contributed by atoms with E-state index >= 15 is 0 Å². The van der Waals surface area contributed by atoms with Crippen molar-refractivity contribution in [2.45, 2.75) is 50.7 Å². The minimum absolute atomic E-state index is 0.165. The van der Waals surface area contributed by atoms with Crippen LogP contribution in [0.1, 0.15) is 60.3 Å². The SMILES string of the molecule is CCOc1c(CC(N)=O)cc([C@@](O)(CNC(=O)c2cc(OC)c3nn(C4CC4)cc3c2)C2CC2)nc1-c1cccc(F)c1Cl. The number of hydrogen-bond acceptors (Lipinski definition) is 7. The molecule has 2 aliphatic rings. The van der Waals surface area contributed by atoms with Crippen molar-refractivity contribution in [3.8, 4) is 22.8 Å². The van der Waals surface area contributed by atoms with E-state index in [9.17, 15) is 19.1 Å². The first-order chi connectivity index (χ1) is 21.1. The number of rotatable bonds is 12. The normalized spacial score (nSPS) is 16.0. The van der Waals surface area contributed by atoms with Gasteiger partial charge in [0.15, 0.2) is 0 Å². The van der Waals surface area contributed by atoms with Gasteiger partial charge in [-0.1, -0.05) is 23.7 Å². The second-order valence-corrected chi connectivity index (χ2v) is 11.7. The third-order valence-corrected chi connectivity index (χ3v) is 8.50. The Kier molecular flexibility index (Phi) is 7.93. The van der Waals surface area contributed by atoms with Gasteiger partial charge in [0, 0.05) is 28.3 Å². The molecule has 230 valence electrons. The fourth-order valence-electron chi connectivity index (χ4n) is 5.56. The van der Waals surface area contributed by atoms with Gasteiger partial charge in [0.05, 0.1) is 43.4 Å². The number of nitrogens with two attached hydrogens (primary N) is 1. The Labute approximate surface area is 258 Å². The van der Waals surface area contributed by atoms with E-state index in [4.69, 9.17) is 31.8 Å². The van der Waals surface area contributed by atoms with Gasteiger partial charge in [0.1, 0.15) is 34.1 Å². The van der Waals surface area contributed by atoms with Crippen molar-refractivity contribution in [1.29, 1.82) is 0 Å². The summed E-state index contributed by atoms with van der Waals surface area (Å²) in [6.07, 6.45) is 5.22. The maximum atomic E-state index is 14.5. The summed E-state index contributed by atoms with van der Waals surface area (Å²) in [6.45, 7) is 1.81. The number of pyridine rings is 1. The predicted octanol–water partition coefficient (Wildman–Crippen LogP) is 4.69. The van der Waals surface area contributed by atoms with Crippen LogP contribution < -0.4 is 20.5 Å². The minimum atomic E-state index is -1.62. The lowest BCUT2D eigenvalue weighted by Gasteiger charge is -2.30. The lowest BCUT2D eigenvalue weighted by Crippen LogP contribution is -2.43. The van der Waals surface area contributed by atoms with Gasteiger partial charge in [0.25, 0.3) is 5.91 Å². The van der Waals surface area contributed by atoms with E-state index in [1.54, 1.807) is 31.2 Å². The number of carbonyl (C=O) groups is 2. The Morgan fingerprint density at radius 3 is 2.66 bits per heavy atom. The molecule has 2 amide bonds. The van der Waals surface area contributed by atoms with Crippen molar-refractivity contribution >= 4 is 34.3 Å². The van der Waals surface area contributed by atoms with Crippen LogP contribution in [0.4, 0.5) is 4.39 Å². The molecule has 4 aromatic rings. The van der Waals surface area contributed by atoms with Crippen LogP contribution in [0.3, 0.4) is 0 Å². The summed E-state index contributed by atoms with van der Waals surface area (Å²) in [5, 5.41) is 20.3. The van der Waals surface area contributed by atoms with E-state index in [2.05, 4.69) is 10.4 Å². The predicted molar refractivity (Wildman–Crippen MR) is 162 cm³/mol. The number of carbonyl (C=O) groups excluding carboxylic acids is 2. The monoisotopic (exact) mass is 621 g/mol. The number of fused-ring (bicyclic) bond motifs is 1. The lowest BCUT2D eigenvalue weighted by atomic mass is 9.90. The van der Waals surface area contributed by atoms with E-state index in [0.29, 0.717) is 41.3 Å². The molecular formula is C32H33ClFN5O5. The van der Waals surface area contributed by atoms with Gasteiger partial charge in [-0.2, -0.15) is 5.10 Å². The van der Waals surface area contributed by atoms with Crippen molar-refractivity contribution in [2.24, 2.45) is 11.7 Å². The molecule has 2 aliphatic carbocycles. The Bertz CT molecular complexity index is 1770. The maximum Gasteiger partial charge on any atom is 0.251 e. The number of aromatic nitrogens is 3. The summed E-state index contributed by atoms with van der Waals surface area (Å²) in [7, 11) is 1.53. The largest absolute Gasteiger partial charge is 0.494 e. The number of halogens is 2. The molecule has 2 saturated carbocycles. The van der Waals surface area contributed by atoms with Crippen molar-refractivity contribution in [3.63, 3.8) is 0 Å². The first kappa shape index (κ1) is 29.8. The Morgan fingerprint density at radius 2 is 2.00 bits per heavy atom. The zero-order valence-corrected chi connectivity index (χ0v) is 25.2. The number of hydrogen-bond donors (Lipinski definition) is 3. The van der Waals surface area contributed by atoms with Crippen LogP contribution in [0.5, 0.6) is 11.5 Å². The van der Waals surface area contributed by atoms with Crippen molar-refractivity contribution in [1.82, 2.24) is 20.1 Å². The fourth-order valence-corrected chi connectivity index (χ4v) is 5.77. The molecule has 10 nitrogen and oxygen atoms in total. The summed E-state index contributed by atoms with van der Waals surface area (Å²) in [4.78, 5) is 30.3. The van der Waals surface area contributed by atoms with Gasteiger partial charge in [-0.05, 0) is 62.8 Å². The van der Waals surface area contributed by atoms with Crippen LogP contribution >= 0.6 is 11.6 Å². The molecule has 4 N–H and O–H groups in total. The molecular weight excluding hydrogens is 589 g/mol. The van der Waals surface area contributed by atoms with Crippen LogP contribution in [-0.2, 0) is 16.8 Å². The molecule has 0 aliphatic heterocycles. The molecule has 0 radical (unpaired) electrons. The Balaban J connectivity index is 1.37. The van der Waals surface area contributed by atoms with E-state index in [-0.39, 0.29) is 53.2 Å². The van der Waals surface area contributed by atoms with Crippen molar-refractivity contribution in [2.75, 3.05) is 20.3 Å². The number of aliphatic hydroxyl groups is 1. The summed E-state index contributed by atoms with van der Waals surface area (Å²) in [5.74, 6) is -1.23. The highest BCUT2D eigenvalue weighted by Crippen LogP contribution is 2.47. The standard InChI is InChI=1S/C32H33ClFN5O5/c1-3-44-30-17(14-26(35)40)13-25(37-29(30)22-5-4-6-23(34)27(22)33)32(42,20-7-8-20)16-36-31(41)18-11-19-15-39(21-9-10-21)38-28(19)24(12-18)43-2/h4-6,11-13,15,20-21,42H,3,7-10,14,16H2,1-2H3,(H2,35,40)(H,36,41)/t32-/m1/s1. The van der Waals surface area contributed by atoms with Crippen LogP contribution in [0.25, 0.3) is 22.2 Å². The third-order valence-electron chi connectivity index (χ3n) is 8.12. The molecule has 0 unspecified atom stereocenters. The van der Waals surface area contributed by atoms with E-state index in [1.807, 2.05) is 10.9 Å². The number of amides is 2. The smallest absolute Gasteiger partial charge is 0.251 e. The summed E-state index contributed by atoms with van der Waals surface area (Å²) >= 11 is 6.36. The van der Waals surface area contributed by atoms with Crippen LogP contribution in [0.15, 0.2) is 42.6 Å². The zero-order valence-electron chi connectivity index (χ0n) is 24.4. The molecule has 0 spiro atoms. The molecule has 44 heavy (non-hydrogen) atoms. The van der Waals surface area contributed by atoms with Gasteiger partial charge >= 0.3 is 0 Å². The second-order valence-electron chi connectivity index (χ2n) is 11.4. The number of ether oxygens (including phenoxy) is 2. The first-order valence-corrected chi connectivity index (χ1v) is 15.0. The molecule has 6 rings (SSSR count). The van der Waals surface area contributed by atoms with Crippen LogP contribution in [0.2, 0.25) is 5.02 Å². The Hall–Kier alpha value is -4.22. The quantitative estimate of drug-likeness (QED) is 0.208. The molecule has 2 aromatic carbocycles. The molecule has 1 atom stereocenters. The number of nitrogens with one attached hydrogen (secondary N) is 1. The maximum absolute atomic E-state index is 14.5. The summed E-state index contributed by atoms with van der Waals surface area (Å²) in [5.41, 5.74) is 5.94. The first-order valence-electron chi connectivity index (χ1n) is 14.6. The summed E-state index contributed by atoms with van der Waals surface area (Å²) < 4.78 is 27.9. The highest BCUT2D eigenvalue weighted by molar-refractivity contribution is 6.33. The fraction of sp³-hybridized carbons (Fsp3) is 0.375. The molecule has 0 bridgehead atoms. The summed E-state index contributed by atoms with van der Waals surface area (Å²) in [6, 6.07) is 9.60. The number of benzene rings is 2. The molecule has 2 fully saturated rings. The van der Waals surface area contributed by atoms with E-state index in [1.165, 1.54) is 19.2 Å². The number of methoxy groups -OCH3 is 1. The van der Waals surface area contributed by atoms with E-state index in [0.717, 1.165) is 18.2 Å². The zero-order chi connectivity index (χ0) is 31.2. The van der Waals surface area contributed by atoms with Crippen molar-refractivity contribution < 1.29 is 28.6 Å². The molecule has 12 heteroatoms. The lowest BCUT2D eigenvalue weighted by molar-refractivity contribution is -0.117. The number of nitrogens with zero attached hydrogens (tertiary/aromatic N) is 3. The highest BCUT2D eigenvalue weighted by Gasteiger charge is 2.47. The van der Waals surface area contributed by atoms with Gasteiger partial charge < -0.3 is 25.6 Å². The van der Waals surface area contributed by atoms with Gasteiger partial charge in [-0.15, -0.1) is 0 Å². The highest BCUT2D eigenvalue weighted by atomic mass is 35.5. The Morgan fingerprint density at radius 1 is 1.23 bits per heavy atom. The van der Waals surface area contributed by atoms with E-state index < -0.39 is 23.2 Å². The molecule has 2 heterocycles. The molecule has 2 aromatic heterocycles. The van der Waals surface area contributed by atoms with Crippen molar-refractivity contribution in [3.05, 3.63) is 70.3 Å². The second kappa shape index (κ2) is 11.7. The molecule has 0 saturated heterocycles. The van der Waals surface area contributed by atoms with Crippen LogP contribution in [0, 0.1) is 11.7 Å². The number of primary amides is 1. The average Bonchev–Trinajstić information content (AvgIpc) is 3.94. The van der Waals surface area contributed by atoms with Crippen LogP contribution in [-0.4, -0.2) is 51.9 Å². The minimum Gasteiger partial charge on any atom is -0.494 e. The third kappa shape index (κ3) is 5.69. The average molecular weight is 622 g/mol. The van der Waals surface area contributed by atoms with Gasteiger partial charge in [-0.25, -0.2) is 9.37 Å². The van der Waals surface area contributed by atoms with Gasteiger partial charge in [-0.3, -0.25) is 14.3 Å².